The third-order valence-corrected chi connectivity index (χ3v) is 4.96. The van der Waals surface area contributed by atoms with Gasteiger partial charge in [0, 0.05) is 19.1 Å². The van der Waals surface area contributed by atoms with Crippen molar-refractivity contribution in [3.8, 4) is 5.75 Å². The molecule has 24 heavy (non-hydrogen) atoms. The van der Waals surface area contributed by atoms with Crippen LogP contribution < -0.4 is 10.0 Å². The zero-order valence-electron chi connectivity index (χ0n) is 14.0. The molecule has 0 saturated carbocycles. The molecule has 0 saturated heterocycles. The van der Waals surface area contributed by atoms with Gasteiger partial charge in [0.2, 0.25) is 10.0 Å². The van der Waals surface area contributed by atoms with Gasteiger partial charge in [0.15, 0.2) is 0 Å². The van der Waals surface area contributed by atoms with Crippen LogP contribution in [0.3, 0.4) is 0 Å². The van der Waals surface area contributed by atoms with Crippen molar-refractivity contribution in [2.24, 2.45) is 0 Å². The van der Waals surface area contributed by atoms with E-state index in [1.165, 1.54) is 0 Å². The maximum atomic E-state index is 12.1. The summed E-state index contributed by atoms with van der Waals surface area (Å²) in [5, 5.41) is 12.8. The number of phenols is 1. The molecule has 2 aromatic carbocycles. The van der Waals surface area contributed by atoms with E-state index in [1.807, 2.05) is 30.3 Å². The van der Waals surface area contributed by atoms with Gasteiger partial charge in [0.1, 0.15) is 5.75 Å². The van der Waals surface area contributed by atoms with E-state index < -0.39 is 10.0 Å². The van der Waals surface area contributed by atoms with Crippen LogP contribution in [0.2, 0.25) is 0 Å². The van der Waals surface area contributed by atoms with Gasteiger partial charge in [-0.05, 0) is 42.7 Å². The Balaban J connectivity index is 2.01. The molecule has 0 aromatic heterocycles. The second-order valence-electron chi connectivity index (χ2n) is 6.07. The summed E-state index contributed by atoms with van der Waals surface area (Å²) in [6, 6.07) is 14.4. The normalized spacial score (nSPS) is 11.8. The third-order valence-electron chi connectivity index (χ3n) is 3.43. The zero-order valence-corrected chi connectivity index (χ0v) is 14.8. The van der Waals surface area contributed by atoms with Crippen LogP contribution in [-0.4, -0.2) is 19.6 Å². The number of benzene rings is 2. The highest BCUT2D eigenvalue weighted by Gasteiger charge is 2.15. The minimum Gasteiger partial charge on any atom is -0.508 e. The highest BCUT2D eigenvalue weighted by Crippen LogP contribution is 2.14. The number of phenolic OH excluding ortho intramolecular Hbond substituents is 1. The predicted octanol–water partition coefficient (Wildman–Crippen LogP) is 2.51. The first-order valence-electron chi connectivity index (χ1n) is 7.91. The van der Waals surface area contributed by atoms with Crippen LogP contribution in [0.25, 0.3) is 0 Å². The largest absolute Gasteiger partial charge is 0.508 e. The number of aromatic hydroxyl groups is 1. The van der Waals surface area contributed by atoms with E-state index in [1.54, 1.807) is 32.0 Å². The van der Waals surface area contributed by atoms with Crippen LogP contribution in [0.4, 0.5) is 0 Å². The van der Waals surface area contributed by atoms with Crippen LogP contribution >= 0.6 is 0 Å². The molecule has 6 heteroatoms. The summed E-state index contributed by atoms with van der Waals surface area (Å²) in [7, 11) is -3.35. The first kappa shape index (κ1) is 18.4. The summed E-state index contributed by atoms with van der Waals surface area (Å²) in [5.41, 5.74) is 2.71. The van der Waals surface area contributed by atoms with Gasteiger partial charge in [0.25, 0.3) is 0 Å². The van der Waals surface area contributed by atoms with E-state index in [2.05, 4.69) is 10.0 Å². The van der Waals surface area contributed by atoms with Gasteiger partial charge in [-0.25, -0.2) is 13.1 Å². The van der Waals surface area contributed by atoms with Gasteiger partial charge in [-0.15, -0.1) is 0 Å². The molecule has 130 valence electrons. The first-order chi connectivity index (χ1) is 11.4. The molecular formula is C18H24N2O3S. The smallest absolute Gasteiger partial charge is 0.216 e. The molecule has 0 bridgehead atoms. The number of sulfonamides is 1. The Labute approximate surface area is 143 Å². The fraction of sp³-hybridized carbons (Fsp3) is 0.333. The third kappa shape index (κ3) is 5.96. The summed E-state index contributed by atoms with van der Waals surface area (Å²) in [5.74, 6) is 0.204. The molecule has 0 amide bonds. The standard InChI is InChI=1S/C18H24N2O3S/c1-14(2)20-24(22,23)13-17-8-4-3-7-16(17)12-19-11-15-6-5-9-18(21)10-15/h3-10,14,19-21H,11-13H2,1-2H3. The summed E-state index contributed by atoms with van der Waals surface area (Å²) in [4.78, 5) is 0. The molecular weight excluding hydrogens is 324 g/mol. The van der Waals surface area contributed by atoms with Crippen LogP contribution in [0, 0.1) is 0 Å². The van der Waals surface area contributed by atoms with Gasteiger partial charge < -0.3 is 10.4 Å². The lowest BCUT2D eigenvalue weighted by Gasteiger charge is -2.13. The fourth-order valence-corrected chi connectivity index (χ4v) is 3.98. The van der Waals surface area contributed by atoms with Gasteiger partial charge in [-0.3, -0.25) is 0 Å². The topological polar surface area (TPSA) is 78.4 Å². The second-order valence-corrected chi connectivity index (χ2v) is 7.83. The number of hydrogen-bond donors (Lipinski definition) is 3. The fourth-order valence-electron chi connectivity index (χ4n) is 2.48. The van der Waals surface area contributed by atoms with E-state index >= 15 is 0 Å². The van der Waals surface area contributed by atoms with E-state index in [0.29, 0.717) is 13.1 Å². The maximum absolute atomic E-state index is 12.1. The molecule has 5 nitrogen and oxygen atoms in total. The predicted molar refractivity (Wildman–Crippen MR) is 96.0 cm³/mol. The molecule has 0 unspecified atom stereocenters. The molecule has 0 aliphatic rings. The Morgan fingerprint density at radius 2 is 1.71 bits per heavy atom. The summed E-state index contributed by atoms with van der Waals surface area (Å²) in [6.45, 7) is 4.77. The maximum Gasteiger partial charge on any atom is 0.216 e. The van der Waals surface area contributed by atoms with Gasteiger partial charge >= 0.3 is 0 Å². The Kier molecular flexibility index (Phi) is 6.36. The Morgan fingerprint density at radius 1 is 1.00 bits per heavy atom. The minimum absolute atomic E-state index is 0.0326. The molecule has 0 heterocycles. The lowest BCUT2D eigenvalue weighted by atomic mass is 10.1. The first-order valence-corrected chi connectivity index (χ1v) is 9.56. The van der Waals surface area contributed by atoms with Crippen molar-refractivity contribution < 1.29 is 13.5 Å². The van der Waals surface area contributed by atoms with Crippen molar-refractivity contribution in [1.29, 1.82) is 0 Å². The molecule has 2 aromatic rings. The van der Waals surface area contributed by atoms with E-state index in [9.17, 15) is 13.5 Å². The molecule has 0 aliphatic carbocycles. The highest BCUT2D eigenvalue weighted by atomic mass is 32.2. The number of hydrogen-bond acceptors (Lipinski definition) is 4. The van der Waals surface area contributed by atoms with Crippen molar-refractivity contribution in [2.75, 3.05) is 0 Å². The lowest BCUT2D eigenvalue weighted by Crippen LogP contribution is -2.31. The summed E-state index contributed by atoms with van der Waals surface area (Å²) in [6.07, 6.45) is 0. The Hall–Kier alpha value is -1.89. The van der Waals surface area contributed by atoms with Gasteiger partial charge in [0.05, 0.1) is 5.75 Å². The van der Waals surface area contributed by atoms with Crippen molar-refractivity contribution in [1.82, 2.24) is 10.0 Å². The van der Waals surface area contributed by atoms with Crippen molar-refractivity contribution in [2.45, 2.75) is 38.7 Å². The SMILES string of the molecule is CC(C)NS(=O)(=O)Cc1ccccc1CNCc1cccc(O)c1. The van der Waals surface area contributed by atoms with Gasteiger partial charge in [-0.2, -0.15) is 0 Å². The minimum atomic E-state index is -3.35. The van der Waals surface area contributed by atoms with Crippen molar-refractivity contribution in [3.05, 3.63) is 65.2 Å². The molecule has 0 fully saturated rings. The van der Waals surface area contributed by atoms with Crippen LogP contribution in [0.1, 0.15) is 30.5 Å². The molecule has 0 atom stereocenters. The van der Waals surface area contributed by atoms with Crippen molar-refractivity contribution >= 4 is 10.0 Å². The monoisotopic (exact) mass is 348 g/mol. The summed E-state index contributed by atoms with van der Waals surface area (Å²) >= 11 is 0. The second kappa shape index (κ2) is 8.28. The molecule has 0 spiro atoms. The Morgan fingerprint density at radius 3 is 2.38 bits per heavy atom. The van der Waals surface area contributed by atoms with E-state index in [-0.39, 0.29) is 17.5 Å². The van der Waals surface area contributed by atoms with Crippen LogP contribution in [0.15, 0.2) is 48.5 Å². The van der Waals surface area contributed by atoms with Crippen LogP contribution in [-0.2, 0) is 28.9 Å². The average molecular weight is 348 g/mol. The number of rotatable bonds is 8. The highest BCUT2D eigenvalue weighted by molar-refractivity contribution is 7.88. The zero-order chi connectivity index (χ0) is 17.6. The average Bonchev–Trinajstić information content (AvgIpc) is 2.47. The molecule has 3 N–H and O–H groups in total. The summed E-state index contributed by atoms with van der Waals surface area (Å²) < 4.78 is 26.9. The lowest BCUT2D eigenvalue weighted by molar-refractivity contribution is 0.474. The molecule has 0 radical (unpaired) electrons. The number of nitrogens with one attached hydrogen (secondary N) is 2. The van der Waals surface area contributed by atoms with Gasteiger partial charge in [-0.1, -0.05) is 36.4 Å². The van der Waals surface area contributed by atoms with E-state index in [4.69, 9.17) is 0 Å². The quantitative estimate of drug-likeness (QED) is 0.685. The molecule has 0 aliphatic heterocycles. The molecule has 2 rings (SSSR count). The van der Waals surface area contributed by atoms with E-state index in [0.717, 1.165) is 16.7 Å². The van der Waals surface area contributed by atoms with Crippen LogP contribution in [0.5, 0.6) is 5.75 Å². The Bertz CT molecular complexity index is 773. The van der Waals surface area contributed by atoms with Crippen molar-refractivity contribution in [3.63, 3.8) is 0 Å².